The summed E-state index contributed by atoms with van der Waals surface area (Å²) in [6.45, 7) is 8.97. The first-order valence-electron chi connectivity index (χ1n) is 12.5. The van der Waals surface area contributed by atoms with E-state index in [0.29, 0.717) is 5.92 Å². The predicted octanol–water partition coefficient (Wildman–Crippen LogP) is 4.86. The number of hydrogen-bond acceptors (Lipinski definition) is 5. The number of carbonyl (C=O) groups excluding carboxylic acids is 2. The molecule has 0 fully saturated rings. The van der Waals surface area contributed by atoms with Crippen LogP contribution in [0.4, 0.5) is 0 Å². The number of nitrogens with one attached hydrogen (secondary N) is 2. The molecule has 0 unspecified atom stereocenters. The summed E-state index contributed by atoms with van der Waals surface area (Å²) >= 11 is 0. The summed E-state index contributed by atoms with van der Waals surface area (Å²) in [4.78, 5) is 31.5. The Kier molecular flexibility index (Phi) is 13.5. The molecule has 0 aliphatic heterocycles. The van der Waals surface area contributed by atoms with Crippen LogP contribution in [-0.4, -0.2) is 54.8 Å². The highest BCUT2D eigenvalue weighted by atomic mass is 16.3. The van der Waals surface area contributed by atoms with Crippen molar-refractivity contribution in [1.82, 2.24) is 15.5 Å². The van der Waals surface area contributed by atoms with Crippen LogP contribution in [0.3, 0.4) is 0 Å². The van der Waals surface area contributed by atoms with Gasteiger partial charge in [0, 0.05) is 39.2 Å². The van der Waals surface area contributed by atoms with E-state index in [9.17, 15) is 14.7 Å². The Balaban J connectivity index is 2.83. The highest BCUT2D eigenvalue weighted by molar-refractivity contribution is 6.18. The van der Waals surface area contributed by atoms with E-state index in [1.165, 1.54) is 25.5 Å². The number of amides is 1. The van der Waals surface area contributed by atoms with E-state index in [0.717, 1.165) is 62.9 Å². The molecule has 1 aliphatic rings. The Morgan fingerprint density at radius 3 is 2.42 bits per heavy atom. The van der Waals surface area contributed by atoms with Gasteiger partial charge in [-0.2, -0.15) is 0 Å². The van der Waals surface area contributed by atoms with Crippen molar-refractivity contribution in [2.24, 2.45) is 10.9 Å². The van der Waals surface area contributed by atoms with Crippen LogP contribution >= 0.6 is 0 Å². The predicted molar refractivity (Wildman–Crippen MR) is 136 cm³/mol. The minimum absolute atomic E-state index is 0.142. The van der Waals surface area contributed by atoms with Gasteiger partial charge in [-0.05, 0) is 50.5 Å². The molecular weight excluding hydrogens is 416 g/mol. The number of unbranched alkanes of at least 4 members (excludes halogenated alkanes) is 3. The van der Waals surface area contributed by atoms with E-state index in [4.69, 9.17) is 0 Å². The third kappa shape index (κ3) is 10.4. The normalized spacial score (nSPS) is 15.4. The number of aliphatic hydroxyl groups excluding tert-OH is 1. The van der Waals surface area contributed by atoms with Gasteiger partial charge in [0.1, 0.15) is 11.3 Å². The van der Waals surface area contributed by atoms with Crippen molar-refractivity contribution in [2.45, 2.75) is 91.9 Å². The molecule has 188 valence electrons. The van der Waals surface area contributed by atoms with E-state index in [2.05, 4.69) is 48.3 Å². The van der Waals surface area contributed by atoms with E-state index in [-0.39, 0.29) is 24.4 Å². The van der Waals surface area contributed by atoms with Crippen LogP contribution in [-0.2, 0) is 9.59 Å². The highest BCUT2D eigenvalue weighted by Gasteiger charge is 2.23. The van der Waals surface area contributed by atoms with Gasteiger partial charge in [0.2, 0.25) is 0 Å². The Morgan fingerprint density at radius 2 is 1.82 bits per heavy atom. The molecular formula is C26H46N4O3. The molecule has 0 bridgehead atoms. The fourth-order valence-electron chi connectivity index (χ4n) is 4.36. The molecule has 0 radical (unpaired) electrons. The van der Waals surface area contributed by atoms with Gasteiger partial charge in [-0.1, -0.05) is 40.0 Å². The van der Waals surface area contributed by atoms with E-state index in [1.54, 1.807) is 7.05 Å². The Hall–Kier alpha value is -2.31. The Morgan fingerprint density at radius 1 is 1.12 bits per heavy atom. The van der Waals surface area contributed by atoms with Crippen LogP contribution in [0.2, 0.25) is 0 Å². The monoisotopic (exact) mass is 462 g/mol. The summed E-state index contributed by atoms with van der Waals surface area (Å²) in [7, 11) is 3.81. The molecule has 0 aromatic heterocycles. The van der Waals surface area contributed by atoms with Gasteiger partial charge in [0.15, 0.2) is 5.78 Å². The maximum atomic E-state index is 12.7. The van der Waals surface area contributed by atoms with Crippen molar-refractivity contribution in [3.8, 4) is 0 Å². The van der Waals surface area contributed by atoms with Crippen LogP contribution in [0, 0.1) is 5.92 Å². The lowest BCUT2D eigenvalue weighted by molar-refractivity contribution is -0.122. The van der Waals surface area contributed by atoms with Crippen LogP contribution < -0.4 is 10.6 Å². The number of ketones is 1. The van der Waals surface area contributed by atoms with E-state index >= 15 is 0 Å². The Bertz CT molecular complexity index is 738. The summed E-state index contributed by atoms with van der Waals surface area (Å²) in [6.07, 6.45) is 9.67. The summed E-state index contributed by atoms with van der Waals surface area (Å²) in [5, 5.41) is 16.6. The molecule has 0 aromatic rings. The van der Waals surface area contributed by atoms with Gasteiger partial charge in [-0.15, -0.1) is 0 Å². The number of carbonyl (C=O) groups is 2. The molecule has 7 heteroatoms. The van der Waals surface area contributed by atoms with Crippen molar-refractivity contribution in [2.75, 3.05) is 27.3 Å². The number of Topliss-reactive ketones (excluding diaryl/α,β-unsaturated/α-hetero) is 1. The molecule has 0 saturated heterocycles. The van der Waals surface area contributed by atoms with Gasteiger partial charge in [-0.25, -0.2) is 0 Å². The summed E-state index contributed by atoms with van der Waals surface area (Å²) in [5.74, 6) is 0.236. The SMILES string of the molecule is CCCCCCC(=NC)NCNC(=O)/C(C(C)=O)=C(\O)CC1=C(N(C)CC(C)C)CCCC1. The van der Waals surface area contributed by atoms with Crippen molar-refractivity contribution < 1.29 is 14.7 Å². The van der Waals surface area contributed by atoms with Gasteiger partial charge in [0.05, 0.1) is 12.5 Å². The van der Waals surface area contributed by atoms with Gasteiger partial charge >= 0.3 is 0 Å². The molecule has 1 amide bonds. The van der Waals surface area contributed by atoms with Crippen molar-refractivity contribution in [1.29, 1.82) is 0 Å². The lowest BCUT2D eigenvalue weighted by atomic mass is 9.91. The third-order valence-corrected chi connectivity index (χ3v) is 5.98. The van der Waals surface area contributed by atoms with Gasteiger partial charge in [0.25, 0.3) is 5.91 Å². The number of aliphatic hydroxyl groups is 1. The standard InChI is InChI=1S/C26H46N4O3/c1-7-8-9-10-15-24(27-5)28-18-29-26(33)25(20(4)31)23(32)16-21-13-11-12-14-22(21)30(6)17-19(2)3/h19,32H,7-18H2,1-6H3,(H,27,28)(H,29,33)/b25-23-. The molecule has 0 atom stereocenters. The van der Waals surface area contributed by atoms with Crippen LogP contribution in [0.5, 0.6) is 0 Å². The fourth-order valence-corrected chi connectivity index (χ4v) is 4.36. The number of rotatable bonds is 14. The van der Waals surface area contributed by atoms with Crippen LogP contribution in [0.25, 0.3) is 0 Å². The number of amidine groups is 1. The minimum Gasteiger partial charge on any atom is -0.511 e. The second-order valence-corrected chi connectivity index (χ2v) is 9.43. The quantitative estimate of drug-likeness (QED) is 0.0501. The molecule has 0 heterocycles. The van der Waals surface area contributed by atoms with Gasteiger partial charge < -0.3 is 20.6 Å². The maximum Gasteiger partial charge on any atom is 0.259 e. The van der Waals surface area contributed by atoms with E-state index in [1.807, 2.05) is 0 Å². The first kappa shape index (κ1) is 28.7. The second-order valence-electron chi connectivity index (χ2n) is 9.43. The summed E-state index contributed by atoms with van der Waals surface area (Å²) in [6, 6.07) is 0. The zero-order chi connectivity index (χ0) is 24.8. The molecule has 7 nitrogen and oxygen atoms in total. The summed E-state index contributed by atoms with van der Waals surface area (Å²) < 4.78 is 0. The molecule has 1 aliphatic carbocycles. The third-order valence-electron chi connectivity index (χ3n) is 5.98. The van der Waals surface area contributed by atoms with Crippen molar-refractivity contribution in [3.05, 3.63) is 22.6 Å². The number of allylic oxidation sites excluding steroid dienone is 2. The average molecular weight is 463 g/mol. The first-order valence-corrected chi connectivity index (χ1v) is 12.5. The summed E-state index contributed by atoms with van der Waals surface area (Å²) in [5.41, 5.74) is 2.20. The number of hydrogen-bond donors (Lipinski definition) is 3. The molecule has 0 aromatic carbocycles. The molecule has 1 rings (SSSR count). The van der Waals surface area contributed by atoms with Crippen LogP contribution in [0.1, 0.15) is 91.9 Å². The van der Waals surface area contributed by atoms with Gasteiger partial charge in [-0.3, -0.25) is 14.6 Å². The first-order chi connectivity index (χ1) is 15.7. The second kappa shape index (κ2) is 15.5. The maximum absolute atomic E-state index is 12.7. The fraction of sp³-hybridized carbons (Fsp3) is 0.731. The average Bonchev–Trinajstić information content (AvgIpc) is 2.75. The molecule has 3 N–H and O–H groups in total. The molecule has 33 heavy (non-hydrogen) atoms. The van der Waals surface area contributed by atoms with Crippen molar-refractivity contribution in [3.63, 3.8) is 0 Å². The molecule has 0 spiro atoms. The lowest BCUT2D eigenvalue weighted by Gasteiger charge is -2.30. The topological polar surface area (TPSA) is 94.0 Å². The minimum atomic E-state index is -0.553. The lowest BCUT2D eigenvalue weighted by Crippen LogP contribution is -2.39. The smallest absolute Gasteiger partial charge is 0.259 e. The zero-order valence-corrected chi connectivity index (χ0v) is 21.7. The largest absolute Gasteiger partial charge is 0.511 e. The van der Waals surface area contributed by atoms with Crippen LogP contribution in [0.15, 0.2) is 27.6 Å². The van der Waals surface area contributed by atoms with E-state index < -0.39 is 11.7 Å². The Labute approximate surface area is 200 Å². The molecule has 0 saturated carbocycles. The van der Waals surface area contributed by atoms with Crippen molar-refractivity contribution >= 4 is 17.5 Å². The number of aliphatic imine (C=N–C) groups is 1. The zero-order valence-electron chi connectivity index (χ0n) is 21.7. The highest BCUT2D eigenvalue weighted by Crippen LogP contribution is 2.31. The number of nitrogens with zero attached hydrogens (tertiary/aromatic N) is 2.